The predicted molar refractivity (Wildman–Crippen MR) is 109 cm³/mol. The van der Waals surface area contributed by atoms with Crippen LogP contribution in [0.5, 0.6) is 23.0 Å². The van der Waals surface area contributed by atoms with Gasteiger partial charge in [0.1, 0.15) is 11.5 Å². The van der Waals surface area contributed by atoms with Gasteiger partial charge < -0.3 is 23.8 Å². The number of benzene rings is 2. The van der Waals surface area contributed by atoms with E-state index in [0.717, 1.165) is 5.69 Å². The molecule has 0 spiro atoms. The zero-order valence-corrected chi connectivity index (χ0v) is 17.0. The van der Waals surface area contributed by atoms with Gasteiger partial charge in [0.2, 0.25) is 12.6 Å². The molecular formula is C21H22ClNO5. The average Bonchev–Trinajstić information content (AvgIpc) is 3.14. The molecule has 1 aliphatic rings. The Bertz CT molecular complexity index is 923. The SMILES string of the molecule is CCOc1ccc(C(=O)C(Cl)=Cc2cc3c(cc2OC)OCO3)cc1N(C)C. The minimum atomic E-state index is -0.299. The zero-order chi connectivity index (χ0) is 20.3. The summed E-state index contributed by atoms with van der Waals surface area (Å²) in [6, 6.07) is 8.69. The molecule has 0 atom stereocenters. The third-order valence-electron chi connectivity index (χ3n) is 4.23. The molecule has 7 heteroatoms. The van der Waals surface area contributed by atoms with Gasteiger partial charge in [-0.3, -0.25) is 4.79 Å². The number of carbonyl (C=O) groups excluding carboxylic acids is 1. The lowest BCUT2D eigenvalue weighted by Gasteiger charge is -2.18. The number of allylic oxidation sites excluding steroid dienone is 1. The molecule has 0 saturated carbocycles. The van der Waals surface area contributed by atoms with Gasteiger partial charge in [-0.1, -0.05) is 11.6 Å². The van der Waals surface area contributed by atoms with Crippen LogP contribution in [0, 0.1) is 0 Å². The number of ether oxygens (including phenoxy) is 4. The highest BCUT2D eigenvalue weighted by atomic mass is 35.5. The van der Waals surface area contributed by atoms with Crippen LogP contribution < -0.4 is 23.8 Å². The smallest absolute Gasteiger partial charge is 0.231 e. The van der Waals surface area contributed by atoms with Crippen LogP contribution in [0.3, 0.4) is 0 Å². The molecule has 0 fully saturated rings. The Morgan fingerprint density at radius 2 is 1.89 bits per heavy atom. The Morgan fingerprint density at radius 3 is 2.54 bits per heavy atom. The molecule has 0 saturated heterocycles. The number of Topliss-reactive ketones (excluding diaryl/α,β-unsaturated/α-hetero) is 1. The molecule has 1 aliphatic heterocycles. The third-order valence-corrected chi connectivity index (χ3v) is 4.51. The molecular weight excluding hydrogens is 382 g/mol. The number of ketones is 1. The van der Waals surface area contributed by atoms with Crippen LogP contribution in [-0.2, 0) is 0 Å². The number of rotatable bonds is 7. The fourth-order valence-corrected chi connectivity index (χ4v) is 3.08. The first-order chi connectivity index (χ1) is 13.4. The summed E-state index contributed by atoms with van der Waals surface area (Å²) in [7, 11) is 5.32. The number of anilines is 1. The molecule has 0 amide bonds. The molecule has 28 heavy (non-hydrogen) atoms. The highest BCUT2D eigenvalue weighted by Crippen LogP contribution is 2.39. The quantitative estimate of drug-likeness (QED) is 0.506. The summed E-state index contributed by atoms with van der Waals surface area (Å²) in [5.74, 6) is 2.13. The first kappa shape index (κ1) is 19.9. The Balaban J connectivity index is 1.94. The molecule has 2 aromatic rings. The van der Waals surface area contributed by atoms with Gasteiger partial charge in [-0.15, -0.1) is 0 Å². The van der Waals surface area contributed by atoms with Crippen molar-refractivity contribution < 1.29 is 23.7 Å². The van der Waals surface area contributed by atoms with Gasteiger partial charge in [-0.2, -0.15) is 0 Å². The lowest BCUT2D eigenvalue weighted by Crippen LogP contribution is -2.12. The van der Waals surface area contributed by atoms with Gasteiger partial charge in [0.25, 0.3) is 0 Å². The van der Waals surface area contributed by atoms with Gasteiger partial charge in [-0.25, -0.2) is 0 Å². The molecule has 1 heterocycles. The zero-order valence-electron chi connectivity index (χ0n) is 16.2. The standard InChI is InChI=1S/C21H22ClNO5/c1-5-26-17-7-6-13(9-16(17)23(2)3)21(24)15(22)8-14-10-19-20(28-12-27-19)11-18(14)25-4/h6-11H,5,12H2,1-4H3. The minimum Gasteiger partial charge on any atom is -0.496 e. The Labute approximate surface area is 169 Å². The second kappa shape index (κ2) is 8.44. The molecule has 3 rings (SSSR count). The second-order valence-corrected chi connectivity index (χ2v) is 6.69. The Hall–Kier alpha value is -2.86. The summed E-state index contributed by atoms with van der Waals surface area (Å²) in [6.07, 6.45) is 1.57. The normalized spacial score (nSPS) is 12.7. The molecule has 0 radical (unpaired) electrons. The van der Waals surface area contributed by atoms with Crippen molar-refractivity contribution in [2.75, 3.05) is 39.5 Å². The Kier molecular flexibility index (Phi) is 5.99. The highest BCUT2D eigenvalue weighted by Gasteiger charge is 2.19. The second-order valence-electron chi connectivity index (χ2n) is 6.28. The van der Waals surface area contributed by atoms with Crippen molar-refractivity contribution in [2.45, 2.75) is 6.92 Å². The number of carbonyl (C=O) groups is 1. The number of halogens is 1. The summed E-state index contributed by atoms with van der Waals surface area (Å²) >= 11 is 6.35. The summed E-state index contributed by atoms with van der Waals surface area (Å²) in [6.45, 7) is 2.60. The molecule has 0 aromatic heterocycles. The van der Waals surface area contributed by atoms with Crippen molar-refractivity contribution in [3.8, 4) is 23.0 Å². The van der Waals surface area contributed by atoms with E-state index in [2.05, 4.69) is 0 Å². The van der Waals surface area contributed by atoms with Crippen molar-refractivity contribution in [3.05, 3.63) is 46.5 Å². The molecule has 6 nitrogen and oxygen atoms in total. The maximum Gasteiger partial charge on any atom is 0.231 e. The molecule has 0 bridgehead atoms. The maximum absolute atomic E-state index is 12.9. The molecule has 0 N–H and O–H groups in total. The van der Waals surface area contributed by atoms with Gasteiger partial charge in [0.15, 0.2) is 11.5 Å². The van der Waals surface area contributed by atoms with Crippen molar-refractivity contribution in [3.63, 3.8) is 0 Å². The third kappa shape index (κ3) is 4.02. The summed E-state index contributed by atoms with van der Waals surface area (Å²) in [5, 5.41) is 0.0611. The number of methoxy groups -OCH3 is 1. The lowest BCUT2D eigenvalue weighted by molar-refractivity contribution is 0.104. The van der Waals surface area contributed by atoms with Crippen LogP contribution >= 0.6 is 11.6 Å². The highest BCUT2D eigenvalue weighted by molar-refractivity contribution is 6.47. The van der Waals surface area contributed by atoms with Crippen molar-refractivity contribution in [2.24, 2.45) is 0 Å². The molecule has 0 unspecified atom stereocenters. The molecule has 0 aliphatic carbocycles. The minimum absolute atomic E-state index is 0.0611. The predicted octanol–water partition coefficient (Wildman–Crippen LogP) is 4.35. The topological polar surface area (TPSA) is 57.2 Å². The number of hydrogen-bond donors (Lipinski definition) is 0. The van der Waals surface area contributed by atoms with Gasteiger partial charge >= 0.3 is 0 Å². The monoisotopic (exact) mass is 403 g/mol. The number of nitrogens with zero attached hydrogens (tertiary/aromatic N) is 1. The fourth-order valence-electron chi connectivity index (χ4n) is 2.85. The Morgan fingerprint density at radius 1 is 1.18 bits per heavy atom. The largest absolute Gasteiger partial charge is 0.496 e. The molecule has 148 valence electrons. The maximum atomic E-state index is 12.9. The van der Waals surface area contributed by atoms with E-state index in [4.69, 9.17) is 30.5 Å². The summed E-state index contributed by atoms with van der Waals surface area (Å²) in [4.78, 5) is 14.8. The first-order valence-corrected chi connectivity index (χ1v) is 9.16. The van der Waals surface area contributed by atoms with E-state index >= 15 is 0 Å². The van der Waals surface area contributed by atoms with Gasteiger partial charge in [0, 0.05) is 31.3 Å². The van der Waals surface area contributed by atoms with Crippen molar-refractivity contribution in [1.29, 1.82) is 0 Å². The number of fused-ring (bicyclic) bond motifs is 1. The van der Waals surface area contributed by atoms with Crippen LogP contribution in [0.2, 0.25) is 0 Å². The van der Waals surface area contributed by atoms with E-state index in [9.17, 15) is 4.79 Å². The average molecular weight is 404 g/mol. The van der Waals surface area contributed by atoms with Crippen LogP contribution in [0.1, 0.15) is 22.8 Å². The van der Waals surface area contributed by atoms with Gasteiger partial charge in [0.05, 0.1) is 24.4 Å². The van der Waals surface area contributed by atoms with E-state index < -0.39 is 0 Å². The van der Waals surface area contributed by atoms with Crippen molar-refractivity contribution in [1.82, 2.24) is 0 Å². The first-order valence-electron chi connectivity index (χ1n) is 8.78. The van der Waals surface area contributed by atoms with E-state index in [1.807, 2.05) is 25.9 Å². The van der Waals surface area contributed by atoms with E-state index in [0.29, 0.717) is 40.7 Å². The van der Waals surface area contributed by atoms with E-state index in [1.165, 1.54) is 0 Å². The summed E-state index contributed by atoms with van der Waals surface area (Å²) in [5.41, 5.74) is 1.90. The number of hydrogen-bond acceptors (Lipinski definition) is 6. The van der Waals surface area contributed by atoms with Crippen LogP contribution in [0.15, 0.2) is 35.4 Å². The van der Waals surface area contributed by atoms with Crippen molar-refractivity contribution >= 4 is 29.1 Å². The lowest BCUT2D eigenvalue weighted by atomic mass is 10.1. The summed E-state index contributed by atoms with van der Waals surface area (Å²) < 4.78 is 21.7. The van der Waals surface area contributed by atoms with E-state index in [1.54, 1.807) is 43.5 Å². The van der Waals surface area contributed by atoms with Crippen LogP contribution in [0.4, 0.5) is 5.69 Å². The molecule has 2 aromatic carbocycles. The van der Waals surface area contributed by atoms with Crippen LogP contribution in [-0.4, -0.2) is 40.4 Å². The van der Waals surface area contributed by atoms with Crippen LogP contribution in [0.25, 0.3) is 6.08 Å². The van der Waals surface area contributed by atoms with E-state index in [-0.39, 0.29) is 17.6 Å². The fraction of sp³-hybridized carbons (Fsp3) is 0.286. The van der Waals surface area contributed by atoms with Gasteiger partial charge in [-0.05, 0) is 37.3 Å².